The van der Waals surface area contributed by atoms with Gasteiger partial charge in [-0.2, -0.15) is 0 Å². The first-order valence-electron chi connectivity index (χ1n) is 5.62. The third-order valence-electron chi connectivity index (χ3n) is 2.69. The molecule has 1 N–H and O–H groups in total. The van der Waals surface area contributed by atoms with Crippen LogP contribution < -0.4 is 4.90 Å². The third kappa shape index (κ3) is 3.40. The summed E-state index contributed by atoms with van der Waals surface area (Å²) < 4.78 is 11.2. The van der Waals surface area contributed by atoms with E-state index in [2.05, 4.69) is 9.88 Å². The fraction of sp³-hybridized carbons (Fsp3) is 0.333. The fourth-order valence-corrected chi connectivity index (χ4v) is 2.77. The normalized spacial score (nSPS) is 17.2. The van der Waals surface area contributed by atoms with Gasteiger partial charge in [-0.25, -0.2) is 9.78 Å². The quantitative estimate of drug-likeness (QED) is 0.817. The minimum Gasteiger partial charge on any atom is -0.478 e. The number of hydrogen-bond acceptors (Lipinski definition) is 4. The zero-order valence-electron chi connectivity index (χ0n) is 9.78. The van der Waals surface area contributed by atoms with Crippen LogP contribution in [0.1, 0.15) is 5.56 Å². The molecule has 1 saturated heterocycles. The third-order valence-corrected chi connectivity index (χ3v) is 3.97. The smallest absolute Gasteiger partial charge is 0.328 e. The number of carboxylic acids is 1. The molecule has 96 valence electrons. The summed E-state index contributed by atoms with van der Waals surface area (Å²) in [5.41, 5.74) is 0.752. The van der Waals surface area contributed by atoms with E-state index in [4.69, 9.17) is 5.11 Å². The molecule has 1 aliphatic rings. The average molecular weight is 266 g/mol. The van der Waals surface area contributed by atoms with Crippen molar-refractivity contribution in [3.8, 4) is 0 Å². The molecule has 1 aromatic rings. The number of rotatable bonds is 3. The second kappa shape index (κ2) is 5.77. The van der Waals surface area contributed by atoms with Crippen molar-refractivity contribution in [2.45, 2.75) is 0 Å². The van der Waals surface area contributed by atoms with Crippen LogP contribution >= 0.6 is 0 Å². The molecule has 2 rings (SSSR count). The number of carbonyl (C=O) groups is 1. The van der Waals surface area contributed by atoms with E-state index < -0.39 is 16.8 Å². The topological polar surface area (TPSA) is 70.5 Å². The lowest BCUT2D eigenvalue weighted by atomic mass is 10.2. The monoisotopic (exact) mass is 266 g/mol. The average Bonchev–Trinajstić information content (AvgIpc) is 2.38. The molecule has 0 aromatic carbocycles. The van der Waals surface area contributed by atoms with Crippen molar-refractivity contribution in [3.63, 3.8) is 0 Å². The lowest BCUT2D eigenvalue weighted by molar-refractivity contribution is -0.131. The van der Waals surface area contributed by atoms with E-state index in [0.717, 1.165) is 30.5 Å². The van der Waals surface area contributed by atoms with Gasteiger partial charge in [0.1, 0.15) is 5.82 Å². The maximum absolute atomic E-state index is 11.2. The van der Waals surface area contributed by atoms with Gasteiger partial charge in [-0.1, -0.05) is 0 Å². The Morgan fingerprint density at radius 2 is 2.11 bits per heavy atom. The lowest BCUT2D eigenvalue weighted by Crippen LogP contribution is -2.38. The molecule has 2 heterocycles. The highest BCUT2D eigenvalue weighted by Crippen LogP contribution is 2.14. The number of aromatic nitrogens is 1. The first-order chi connectivity index (χ1) is 8.65. The van der Waals surface area contributed by atoms with Gasteiger partial charge >= 0.3 is 5.97 Å². The van der Waals surface area contributed by atoms with Gasteiger partial charge in [-0.05, 0) is 23.8 Å². The van der Waals surface area contributed by atoms with Gasteiger partial charge in [-0.15, -0.1) is 0 Å². The van der Waals surface area contributed by atoms with E-state index in [1.54, 1.807) is 6.20 Å². The van der Waals surface area contributed by atoms with Crippen LogP contribution in [0.25, 0.3) is 6.08 Å². The lowest BCUT2D eigenvalue weighted by Gasteiger charge is -2.27. The van der Waals surface area contributed by atoms with Crippen molar-refractivity contribution < 1.29 is 14.1 Å². The van der Waals surface area contributed by atoms with Crippen molar-refractivity contribution in [3.05, 3.63) is 30.0 Å². The van der Waals surface area contributed by atoms with Gasteiger partial charge in [0, 0.05) is 47.7 Å². The molecule has 1 fully saturated rings. The van der Waals surface area contributed by atoms with Crippen molar-refractivity contribution in [2.75, 3.05) is 29.5 Å². The van der Waals surface area contributed by atoms with Gasteiger partial charge in [0.25, 0.3) is 0 Å². The van der Waals surface area contributed by atoms with Crippen LogP contribution in [0.4, 0.5) is 5.82 Å². The van der Waals surface area contributed by atoms with Crippen LogP contribution in [-0.2, 0) is 15.6 Å². The van der Waals surface area contributed by atoms with Crippen LogP contribution in [0.2, 0.25) is 0 Å². The first-order valence-corrected chi connectivity index (χ1v) is 7.11. The largest absolute Gasteiger partial charge is 0.478 e. The molecule has 0 aliphatic carbocycles. The van der Waals surface area contributed by atoms with E-state index in [1.807, 2.05) is 12.1 Å². The summed E-state index contributed by atoms with van der Waals surface area (Å²) in [6, 6.07) is 3.68. The predicted octanol–water partition coefficient (Wildman–Crippen LogP) is 0.748. The van der Waals surface area contributed by atoms with Crippen molar-refractivity contribution in [1.82, 2.24) is 4.98 Å². The van der Waals surface area contributed by atoms with Gasteiger partial charge < -0.3 is 10.0 Å². The molecule has 0 amide bonds. The highest BCUT2D eigenvalue weighted by Gasteiger charge is 2.15. The van der Waals surface area contributed by atoms with Gasteiger partial charge in [0.15, 0.2) is 0 Å². The molecule has 6 heteroatoms. The van der Waals surface area contributed by atoms with Crippen molar-refractivity contribution in [1.29, 1.82) is 0 Å². The minimum atomic E-state index is -0.974. The minimum absolute atomic E-state index is 0.683. The Morgan fingerprint density at radius 1 is 1.39 bits per heavy atom. The van der Waals surface area contributed by atoms with E-state index in [-0.39, 0.29) is 0 Å². The first kappa shape index (κ1) is 12.8. The number of hydrogen-bond donors (Lipinski definition) is 1. The molecular formula is C12H14N2O3S. The van der Waals surface area contributed by atoms with Crippen LogP contribution in [0.15, 0.2) is 24.4 Å². The SMILES string of the molecule is O=C(O)/C=C/c1ccc(N2CCS(=O)CC2)nc1. The molecule has 0 saturated carbocycles. The van der Waals surface area contributed by atoms with E-state index >= 15 is 0 Å². The van der Waals surface area contributed by atoms with E-state index in [9.17, 15) is 9.00 Å². The Labute approximate surface area is 108 Å². The Balaban J connectivity index is 2.03. The highest BCUT2D eigenvalue weighted by molar-refractivity contribution is 7.85. The van der Waals surface area contributed by atoms with Gasteiger partial charge in [0.05, 0.1) is 0 Å². The molecule has 0 spiro atoms. The van der Waals surface area contributed by atoms with Gasteiger partial charge in [-0.3, -0.25) is 4.21 Å². The number of pyridine rings is 1. The second-order valence-corrected chi connectivity index (χ2v) is 5.65. The summed E-state index contributed by atoms with van der Waals surface area (Å²) in [5.74, 6) is 1.24. The predicted molar refractivity (Wildman–Crippen MR) is 71.0 cm³/mol. The fourth-order valence-electron chi connectivity index (χ4n) is 1.72. The summed E-state index contributed by atoms with van der Waals surface area (Å²) in [7, 11) is -0.693. The molecule has 0 atom stereocenters. The summed E-state index contributed by atoms with van der Waals surface area (Å²) in [6.45, 7) is 1.51. The Bertz CT molecular complexity index is 475. The molecule has 1 aromatic heterocycles. The molecule has 18 heavy (non-hydrogen) atoms. The van der Waals surface area contributed by atoms with E-state index in [0.29, 0.717) is 11.5 Å². The molecule has 5 nitrogen and oxygen atoms in total. The number of aliphatic carboxylic acids is 1. The van der Waals surface area contributed by atoms with Gasteiger partial charge in [0.2, 0.25) is 0 Å². The van der Waals surface area contributed by atoms with E-state index in [1.165, 1.54) is 6.08 Å². The zero-order valence-corrected chi connectivity index (χ0v) is 10.6. The zero-order chi connectivity index (χ0) is 13.0. The van der Waals surface area contributed by atoms with Crippen LogP contribution in [0.3, 0.4) is 0 Å². The summed E-state index contributed by atoms with van der Waals surface area (Å²) in [4.78, 5) is 16.8. The Hall–Kier alpha value is -1.69. The molecule has 0 unspecified atom stereocenters. The standard InChI is InChI=1S/C12H14N2O3S/c15-12(16)4-2-10-1-3-11(13-9-10)14-5-7-18(17)8-6-14/h1-4,9H,5-8H2,(H,15,16)/b4-2+. The van der Waals surface area contributed by atoms with Crippen LogP contribution in [-0.4, -0.2) is 44.9 Å². The molecule has 0 bridgehead atoms. The number of carboxylic acid groups (broad SMARTS) is 1. The number of anilines is 1. The summed E-state index contributed by atoms with van der Waals surface area (Å²) >= 11 is 0. The van der Waals surface area contributed by atoms with Crippen molar-refractivity contribution in [2.24, 2.45) is 0 Å². The maximum Gasteiger partial charge on any atom is 0.328 e. The number of nitrogens with zero attached hydrogens (tertiary/aromatic N) is 2. The molecule has 0 radical (unpaired) electrons. The maximum atomic E-state index is 11.2. The summed E-state index contributed by atoms with van der Waals surface area (Å²) in [6.07, 6.45) is 4.23. The van der Waals surface area contributed by atoms with Crippen LogP contribution in [0, 0.1) is 0 Å². The Morgan fingerprint density at radius 3 is 2.67 bits per heavy atom. The summed E-state index contributed by atoms with van der Waals surface area (Å²) in [5, 5.41) is 8.51. The molecular weight excluding hydrogens is 252 g/mol. The molecule has 1 aliphatic heterocycles. The second-order valence-electron chi connectivity index (χ2n) is 3.96. The van der Waals surface area contributed by atoms with Crippen molar-refractivity contribution >= 4 is 28.7 Å². The van der Waals surface area contributed by atoms with Crippen LogP contribution in [0.5, 0.6) is 0 Å². The Kier molecular flexibility index (Phi) is 4.09. The highest BCUT2D eigenvalue weighted by atomic mass is 32.2.